The molecular weight excluding hydrogens is 500 g/mol. The van der Waals surface area contributed by atoms with Gasteiger partial charge in [-0.1, -0.05) is 96.1 Å². The maximum Gasteiger partial charge on any atom is 0.223 e. The number of nitriles is 2. The zero-order chi connectivity index (χ0) is 28.7. The SMILES string of the molecule is Cc1ccc(N/N=C(\C#N)C(=O)c2ccccc2)cc1.Cc1ccc(N/N=C(\C#N)C(=O)c2ccccc2)cc1. The molecule has 0 heterocycles. The number of hydrogen-bond donors (Lipinski definition) is 2. The summed E-state index contributed by atoms with van der Waals surface area (Å²) in [5, 5.41) is 25.8. The Balaban J connectivity index is 0.000000220. The van der Waals surface area contributed by atoms with Crippen LogP contribution in [0.25, 0.3) is 0 Å². The Labute approximate surface area is 232 Å². The average Bonchev–Trinajstić information content (AvgIpc) is 3.00. The number of Topliss-reactive ketones (excluding diaryl/α,β-unsaturated/α-hetero) is 2. The molecule has 8 nitrogen and oxygen atoms in total. The van der Waals surface area contributed by atoms with Crippen LogP contribution in [0.1, 0.15) is 31.8 Å². The van der Waals surface area contributed by atoms with Crippen LogP contribution in [0.2, 0.25) is 0 Å². The summed E-state index contributed by atoms with van der Waals surface area (Å²) in [6.07, 6.45) is 0. The number of benzene rings is 4. The minimum atomic E-state index is -0.396. The molecule has 0 atom stereocenters. The summed E-state index contributed by atoms with van der Waals surface area (Å²) in [4.78, 5) is 24.1. The zero-order valence-corrected chi connectivity index (χ0v) is 22.0. The van der Waals surface area contributed by atoms with E-state index in [-0.39, 0.29) is 11.4 Å². The molecule has 4 aromatic carbocycles. The average molecular weight is 527 g/mol. The summed E-state index contributed by atoms with van der Waals surface area (Å²) in [5.41, 5.74) is 9.69. The lowest BCUT2D eigenvalue weighted by atomic mass is 10.1. The van der Waals surface area contributed by atoms with Gasteiger partial charge < -0.3 is 0 Å². The lowest BCUT2D eigenvalue weighted by Crippen LogP contribution is -2.14. The third-order valence-corrected chi connectivity index (χ3v) is 5.41. The summed E-state index contributed by atoms with van der Waals surface area (Å²) in [6.45, 7) is 3.96. The van der Waals surface area contributed by atoms with Gasteiger partial charge in [-0.2, -0.15) is 20.7 Å². The highest BCUT2D eigenvalue weighted by Crippen LogP contribution is 2.10. The van der Waals surface area contributed by atoms with Gasteiger partial charge in [0.2, 0.25) is 23.0 Å². The minimum absolute atomic E-state index is 0.170. The molecule has 0 saturated heterocycles. The fourth-order valence-corrected chi connectivity index (χ4v) is 3.20. The van der Waals surface area contributed by atoms with E-state index in [1.54, 1.807) is 48.5 Å². The summed E-state index contributed by atoms with van der Waals surface area (Å²) in [5.74, 6) is -0.791. The number of hydrogen-bond acceptors (Lipinski definition) is 8. The molecule has 0 fully saturated rings. The van der Waals surface area contributed by atoms with Gasteiger partial charge in [0, 0.05) is 11.1 Å². The first-order valence-electron chi connectivity index (χ1n) is 12.2. The fourth-order valence-electron chi connectivity index (χ4n) is 3.20. The van der Waals surface area contributed by atoms with Gasteiger partial charge in [0.05, 0.1) is 11.4 Å². The van der Waals surface area contributed by atoms with Gasteiger partial charge in [0.1, 0.15) is 12.1 Å². The Hall–Kier alpha value is -5.86. The van der Waals surface area contributed by atoms with Crippen LogP contribution >= 0.6 is 0 Å². The monoisotopic (exact) mass is 526 g/mol. The van der Waals surface area contributed by atoms with Crippen molar-refractivity contribution in [3.63, 3.8) is 0 Å². The van der Waals surface area contributed by atoms with Gasteiger partial charge in [-0.25, -0.2) is 0 Å². The number of anilines is 2. The Kier molecular flexibility index (Phi) is 10.6. The normalized spacial score (nSPS) is 10.7. The van der Waals surface area contributed by atoms with Crippen molar-refractivity contribution in [2.75, 3.05) is 10.9 Å². The van der Waals surface area contributed by atoms with E-state index in [0.29, 0.717) is 11.1 Å². The maximum absolute atomic E-state index is 12.1. The summed E-state index contributed by atoms with van der Waals surface area (Å²) in [7, 11) is 0. The van der Waals surface area contributed by atoms with Crippen LogP contribution in [-0.4, -0.2) is 23.0 Å². The number of hydrazone groups is 2. The maximum atomic E-state index is 12.1. The molecule has 0 unspecified atom stereocenters. The lowest BCUT2D eigenvalue weighted by Gasteiger charge is -2.02. The van der Waals surface area contributed by atoms with Crippen molar-refractivity contribution in [3.8, 4) is 12.1 Å². The molecule has 0 radical (unpaired) electrons. The number of carbonyl (C=O) groups is 2. The summed E-state index contributed by atoms with van der Waals surface area (Å²) in [6, 6.07) is 35.9. The first kappa shape index (κ1) is 28.7. The van der Waals surface area contributed by atoms with Crippen LogP contribution in [0.3, 0.4) is 0 Å². The fraction of sp³-hybridized carbons (Fsp3) is 0.0625. The van der Waals surface area contributed by atoms with Crippen molar-refractivity contribution in [2.45, 2.75) is 13.8 Å². The number of ketones is 2. The molecule has 4 rings (SSSR count). The van der Waals surface area contributed by atoms with E-state index < -0.39 is 11.6 Å². The number of nitrogens with zero attached hydrogens (tertiary/aromatic N) is 4. The van der Waals surface area contributed by atoms with Crippen molar-refractivity contribution >= 4 is 34.4 Å². The quantitative estimate of drug-likeness (QED) is 0.156. The minimum Gasteiger partial charge on any atom is -0.286 e. The summed E-state index contributed by atoms with van der Waals surface area (Å²) >= 11 is 0. The molecule has 0 amide bonds. The molecule has 4 aromatic rings. The number of carbonyl (C=O) groups excluding carboxylic acids is 2. The number of nitrogens with one attached hydrogen (secondary N) is 2. The van der Waals surface area contributed by atoms with Crippen LogP contribution < -0.4 is 10.9 Å². The predicted octanol–water partition coefficient (Wildman–Crippen LogP) is 6.34. The van der Waals surface area contributed by atoms with E-state index in [0.717, 1.165) is 22.5 Å². The molecule has 0 spiro atoms. The molecule has 0 aliphatic rings. The van der Waals surface area contributed by atoms with Crippen LogP contribution in [0.5, 0.6) is 0 Å². The lowest BCUT2D eigenvalue weighted by molar-refractivity contribution is 0.105. The second-order valence-electron chi connectivity index (χ2n) is 8.49. The molecule has 2 N–H and O–H groups in total. The zero-order valence-electron chi connectivity index (χ0n) is 22.0. The molecule has 40 heavy (non-hydrogen) atoms. The third-order valence-electron chi connectivity index (χ3n) is 5.41. The first-order chi connectivity index (χ1) is 19.4. The van der Waals surface area contributed by atoms with E-state index in [9.17, 15) is 9.59 Å². The molecule has 0 aromatic heterocycles. The molecule has 0 aliphatic carbocycles. The predicted molar refractivity (Wildman–Crippen MR) is 157 cm³/mol. The third kappa shape index (κ3) is 8.62. The van der Waals surface area contributed by atoms with E-state index in [1.165, 1.54) is 0 Å². The highest BCUT2D eigenvalue weighted by molar-refractivity contribution is 6.51. The molecule has 0 bridgehead atoms. The van der Waals surface area contributed by atoms with Gasteiger partial charge >= 0.3 is 0 Å². The van der Waals surface area contributed by atoms with Crippen LogP contribution in [0.4, 0.5) is 11.4 Å². The standard InChI is InChI=1S/2C16H13N3O/c2*1-12-7-9-14(10-8-12)18-19-15(11-17)16(20)13-5-3-2-4-6-13/h2*2-10,18H,1H3/b2*19-15+. The highest BCUT2D eigenvalue weighted by atomic mass is 16.1. The number of rotatable bonds is 8. The Morgan fingerprint density at radius 2 is 0.875 bits per heavy atom. The number of aryl methyl sites for hydroxylation is 2. The van der Waals surface area contributed by atoms with Gasteiger partial charge in [0.15, 0.2) is 0 Å². The van der Waals surface area contributed by atoms with Gasteiger partial charge in [-0.15, -0.1) is 0 Å². The molecule has 0 aliphatic heterocycles. The van der Waals surface area contributed by atoms with Crippen LogP contribution in [0.15, 0.2) is 119 Å². The second kappa shape index (κ2) is 14.8. The van der Waals surface area contributed by atoms with Crippen LogP contribution in [-0.2, 0) is 0 Å². The smallest absolute Gasteiger partial charge is 0.223 e. The van der Waals surface area contributed by atoms with Gasteiger partial charge in [-0.3, -0.25) is 20.4 Å². The van der Waals surface area contributed by atoms with Crippen molar-refractivity contribution in [1.82, 2.24) is 0 Å². The van der Waals surface area contributed by atoms with Crippen molar-refractivity contribution in [2.24, 2.45) is 10.2 Å². The molecule has 0 saturated carbocycles. The van der Waals surface area contributed by atoms with E-state index in [1.807, 2.05) is 86.6 Å². The Bertz CT molecular complexity index is 1460. The Morgan fingerprint density at radius 1 is 0.550 bits per heavy atom. The van der Waals surface area contributed by atoms with E-state index in [4.69, 9.17) is 10.5 Å². The van der Waals surface area contributed by atoms with Gasteiger partial charge in [-0.05, 0) is 38.1 Å². The van der Waals surface area contributed by atoms with Crippen molar-refractivity contribution in [1.29, 1.82) is 10.5 Å². The molecular formula is C32H26N6O2. The Morgan fingerprint density at radius 3 is 1.18 bits per heavy atom. The van der Waals surface area contributed by atoms with Crippen molar-refractivity contribution in [3.05, 3.63) is 131 Å². The van der Waals surface area contributed by atoms with E-state index in [2.05, 4.69) is 21.1 Å². The topological polar surface area (TPSA) is 130 Å². The molecule has 8 heteroatoms. The largest absolute Gasteiger partial charge is 0.286 e. The van der Waals surface area contributed by atoms with Gasteiger partial charge in [0.25, 0.3) is 0 Å². The van der Waals surface area contributed by atoms with E-state index >= 15 is 0 Å². The van der Waals surface area contributed by atoms with Crippen molar-refractivity contribution < 1.29 is 9.59 Å². The van der Waals surface area contributed by atoms with Crippen LogP contribution in [0, 0.1) is 36.5 Å². The summed E-state index contributed by atoms with van der Waals surface area (Å²) < 4.78 is 0. The first-order valence-corrected chi connectivity index (χ1v) is 12.2. The molecule has 196 valence electrons. The second-order valence-corrected chi connectivity index (χ2v) is 8.49. The highest BCUT2D eigenvalue weighted by Gasteiger charge is 2.14.